The zero-order valence-electron chi connectivity index (χ0n) is 13.2. The van der Waals surface area contributed by atoms with Crippen molar-refractivity contribution in [2.24, 2.45) is 11.3 Å². The van der Waals surface area contributed by atoms with Crippen LogP contribution in [-0.2, 0) is 0 Å². The Hall–Kier alpha value is -0.530. The molecule has 1 nitrogen and oxygen atoms in total. The summed E-state index contributed by atoms with van der Waals surface area (Å²) in [4.78, 5) is 12.6. The first kappa shape index (κ1) is 6.27. The van der Waals surface area contributed by atoms with E-state index < -0.39 is 45.7 Å². The predicted molar refractivity (Wildman–Crippen MR) is 62.5 cm³/mol. The first-order valence-corrected chi connectivity index (χ1v) is 5.24. The maximum atomic E-state index is 12.6. The minimum atomic E-state index is -1.28. The minimum absolute atomic E-state index is 0.353. The Labute approximate surface area is 106 Å². The largest absolute Gasteiger partial charge is 0.293 e. The van der Waals surface area contributed by atoms with E-state index in [9.17, 15) is 4.79 Å². The second-order valence-electron chi connectivity index (χ2n) is 3.88. The number of hydrogen-bond donors (Lipinski definition) is 0. The molecule has 3 heteroatoms. The Morgan fingerprint density at radius 3 is 2.27 bits per heavy atom. The highest BCUT2D eigenvalue weighted by Gasteiger charge is 2.74. The Balaban J connectivity index is 2.65. The SMILES string of the molecule is [2H]c1c([2H])c([2H])c(C(=O)[C@]2(C)[C@H](C)C2(Cl)Cl)c([2H])c1[2H]. The molecule has 0 bridgehead atoms. The lowest BCUT2D eigenvalue weighted by molar-refractivity contribution is 0.0901. The van der Waals surface area contributed by atoms with Gasteiger partial charge in [0.1, 0.15) is 4.33 Å². The van der Waals surface area contributed by atoms with Crippen LogP contribution in [0.2, 0.25) is 0 Å². The molecule has 80 valence electrons. The van der Waals surface area contributed by atoms with Gasteiger partial charge in [-0.2, -0.15) is 0 Å². The predicted octanol–water partition coefficient (Wildman–Crippen LogP) is 3.70. The summed E-state index contributed by atoms with van der Waals surface area (Å²) in [5.41, 5.74) is -1.50. The highest BCUT2D eigenvalue weighted by atomic mass is 35.5. The van der Waals surface area contributed by atoms with E-state index in [1.54, 1.807) is 13.8 Å². The number of halogens is 2. The Morgan fingerprint density at radius 2 is 1.87 bits per heavy atom. The van der Waals surface area contributed by atoms with E-state index in [0.717, 1.165) is 0 Å². The number of alkyl halides is 2. The molecule has 0 aliphatic heterocycles. The quantitative estimate of drug-likeness (QED) is 0.576. The monoisotopic (exact) mass is 247 g/mol. The fourth-order valence-electron chi connectivity index (χ4n) is 1.71. The van der Waals surface area contributed by atoms with Crippen molar-refractivity contribution in [3.8, 4) is 0 Å². The topological polar surface area (TPSA) is 17.1 Å². The molecule has 1 saturated carbocycles. The Kier molecular flexibility index (Phi) is 1.35. The zero-order chi connectivity index (χ0) is 15.6. The first-order valence-electron chi connectivity index (χ1n) is 6.99. The van der Waals surface area contributed by atoms with Crippen LogP contribution in [0.3, 0.4) is 0 Å². The van der Waals surface area contributed by atoms with Gasteiger partial charge < -0.3 is 0 Å². The number of ketones is 1. The molecule has 0 radical (unpaired) electrons. The van der Waals surface area contributed by atoms with Crippen LogP contribution in [0.1, 0.15) is 31.1 Å². The number of carbonyl (C=O) groups is 1. The molecular formula is C12H12Cl2O. The molecule has 1 aliphatic carbocycles. The number of benzene rings is 1. The smallest absolute Gasteiger partial charge is 0.172 e. The molecule has 0 saturated heterocycles. The number of rotatable bonds is 2. The third-order valence-corrected chi connectivity index (χ3v) is 4.66. The molecule has 1 aliphatic rings. The molecule has 0 unspecified atom stereocenters. The van der Waals surface area contributed by atoms with Gasteiger partial charge in [-0.25, -0.2) is 0 Å². The van der Waals surface area contributed by atoms with E-state index in [0.29, 0.717) is 0 Å². The second-order valence-corrected chi connectivity index (χ2v) is 5.26. The van der Waals surface area contributed by atoms with Crippen LogP contribution in [0.5, 0.6) is 0 Å². The summed E-state index contributed by atoms with van der Waals surface area (Å²) in [6.45, 7) is 3.23. The van der Waals surface area contributed by atoms with E-state index in [-0.39, 0.29) is 11.5 Å². The van der Waals surface area contributed by atoms with Crippen LogP contribution < -0.4 is 0 Å². The molecule has 1 aromatic carbocycles. The Bertz CT molecular complexity index is 602. The van der Waals surface area contributed by atoms with Gasteiger partial charge in [0.15, 0.2) is 5.78 Å². The van der Waals surface area contributed by atoms with Crippen molar-refractivity contribution in [3.63, 3.8) is 0 Å². The van der Waals surface area contributed by atoms with Crippen LogP contribution in [-0.4, -0.2) is 10.1 Å². The van der Waals surface area contributed by atoms with Crippen molar-refractivity contribution in [2.45, 2.75) is 18.2 Å². The van der Waals surface area contributed by atoms with Crippen LogP contribution in [0.15, 0.2) is 30.2 Å². The molecule has 0 heterocycles. The molecule has 1 fully saturated rings. The third kappa shape index (κ3) is 1.33. The average molecular weight is 248 g/mol. The highest BCUT2D eigenvalue weighted by molar-refractivity contribution is 6.54. The summed E-state index contributed by atoms with van der Waals surface area (Å²) in [6, 6.07) is -2.66. The molecule has 0 aromatic heterocycles. The van der Waals surface area contributed by atoms with Crippen molar-refractivity contribution in [1.82, 2.24) is 0 Å². The van der Waals surface area contributed by atoms with E-state index in [1.165, 1.54) is 0 Å². The van der Waals surface area contributed by atoms with Crippen LogP contribution >= 0.6 is 23.2 Å². The lowest BCUT2D eigenvalue weighted by atomic mass is 9.95. The summed E-state index contributed by atoms with van der Waals surface area (Å²) in [7, 11) is 0. The molecular weight excluding hydrogens is 231 g/mol. The van der Waals surface area contributed by atoms with Crippen molar-refractivity contribution in [3.05, 3.63) is 35.8 Å². The number of carbonyl (C=O) groups excluding carboxylic acids is 1. The number of hydrogen-bond acceptors (Lipinski definition) is 1. The van der Waals surface area contributed by atoms with Gasteiger partial charge in [-0.15, -0.1) is 23.2 Å². The molecule has 2 atom stereocenters. The van der Waals surface area contributed by atoms with Crippen molar-refractivity contribution in [2.75, 3.05) is 0 Å². The summed E-state index contributed by atoms with van der Waals surface area (Å²) in [5.74, 6) is -0.976. The standard InChI is InChI=1S/C12H12Cl2O/c1-8-11(2,12(8,13)14)10(15)9-6-4-3-5-7-9/h3-8H,1-2H3/t8-,11-/m0/s1/i3D,4D,5D,6D,7D. The van der Waals surface area contributed by atoms with E-state index in [2.05, 4.69) is 0 Å². The van der Waals surface area contributed by atoms with Crippen molar-refractivity contribution in [1.29, 1.82) is 0 Å². The van der Waals surface area contributed by atoms with Gasteiger partial charge in [-0.05, 0) is 6.92 Å². The number of Topliss-reactive ketones (excluding diaryl/α,β-unsaturated/α-hetero) is 1. The van der Waals surface area contributed by atoms with Crippen LogP contribution in [0.25, 0.3) is 0 Å². The van der Waals surface area contributed by atoms with Crippen molar-refractivity contribution >= 4 is 29.0 Å². The lowest BCUT2D eigenvalue weighted by Crippen LogP contribution is -2.18. The van der Waals surface area contributed by atoms with E-state index >= 15 is 0 Å². The summed E-state index contributed by atoms with van der Waals surface area (Å²) < 4.78 is 37.0. The maximum Gasteiger partial charge on any atom is 0.172 e. The average Bonchev–Trinajstić information content (AvgIpc) is 2.79. The molecule has 1 aromatic rings. The highest BCUT2D eigenvalue weighted by Crippen LogP contribution is 2.69. The molecule has 15 heavy (non-hydrogen) atoms. The van der Waals surface area contributed by atoms with Gasteiger partial charge >= 0.3 is 0 Å². The summed E-state index contributed by atoms with van der Waals surface area (Å²) in [6.07, 6.45) is 0. The normalized spacial score (nSPS) is 37.1. The van der Waals surface area contributed by atoms with Gasteiger partial charge in [-0.3, -0.25) is 4.79 Å². The third-order valence-electron chi connectivity index (χ3n) is 3.22. The van der Waals surface area contributed by atoms with Gasteiger partial charge in [-0.1, -0.05) is 37.1 Å². The molecule has 0 spiro atoms. The van der Waals surface area contributed by atoms with Gasteiger partial charge in [0.2, 0.25) is 0 Å². The van der Waals surface area contributed by atoms with E-state index in [1.807, 2.05) is 0 Å². The van der Waals surface area contributed by atoms with E-state index in [4.69, 9.17) is 30.1 Å². The fourth-order valence-corrected chi connectivity index (χ4v) is 2.53. The first-order chi connectivity index (χ1) is 8.99. The molecule has 2 rings (SSSR count). The van der Waals surface area contributed by atoms with Crippen molar-refractivity contribution < 1.29 is 11.6 Å². The maximum absolute atomic E-state index is 12.6. The minimum Gasteiger partial charge on any atom is -0.293 e. The lowest BCUT2D eigenvalue weighted by Gasteiger charge is -2.10. The van der Waals surface area contributed by atoms with Crippen LogP contribution in [0, 0.1) is 11.3 Å². The Morgan fingerprint density at radius 1 is 1.40 bits per heavy atom. The fraction of sp³-hybridized carbons (Fsp3) is 0.417. The van der Waals surface area contributed by atoms with Gasteiger partial charge in [0.05, 0.1) is 12.3 Å². The molecule has 0 N–H and O–H groups in total. The van der Waals surface area contributed by atoms with Gasteiger partial charge in [0.25, 0.3) is 0 Å². The summed E-state index contributed by atoms with van der Waals surface area (Å²) in [5, 5.41) is 0. The van der Waals surface area contributed by atoms with Crippen LogP contribution in [0.4, 0.5) is 0 Å². The van der Waals surface area contributed by atoms with Gasteiger partial charge in [0, 0.05) is 11.5 Å². The zero-order valence-corrected chi connectivity index (χ0v) is 9.75. The molecule has 0 amide bonds. The second kappa shape index (κ2) is 3.23. The summed E-state index contributed by atoms with van der Waals surface area (Å²) >= 11 is 12.1.